The number of nitrogens with zero attached hydrogens (tertiary/aromatic N) is 5. The van der Waals surface area contributed by atoms with E-state index in [9.17, 15) is 10.2 Å². The molecule has 3 aromatic rings. The van der Waals surface area contributed by atoms with Crippen molar-refractivity contribution >= 4 is 28.7 Å². The average Bonchev–Trinajstić information content (AvgIpc) is 3.53. The molecule has 5 atom stereocenters. The molecule has 1 unspecified atom stereocenters. The maximum atomic E-state index is 10.7. The number of hydrogen-bond acceptors (Lipinski definition) is 11. The van der Waals surface area contributed by atoms with Crippen LogP contribution in [-0.4, -0.2) is 78.2 Å². The molecule has 5 heterocycles. The predicted octanol–water partition coefficient (Wildman–Crippen LogP) is 1.04. The van der Waals surface area contributed by atoms with E-state index in [-0.39, 0.29) is 6.04 Å². The first-order valence-electron chi connectivity index (χ1n) is 10.1. The van der Waals surface area contributed by atoms with E-state index < -0.39 is 24.5 Å². The Morgan fingerprint density at radius 2 is 2.10 bits per heavy atom. The molecule has 2 aliphatic rings. The van der Waals surface area contributed by atoms with Gasteiger partial charge >= 0.3 is 0 Å². The minimum absolute atomic E-state index is 0.170. The highest BCUT2D eigenvalue weighted by Gasteiger charge is 2.44. The quantitative estimate of drug-likeness (QED) is 0.466. The molecule has 2 fully saturated rings. The first-order valence-corrected chi connectivity index (χ1v) is 11.1. The summed E-state index contributed by atoms with van der Waals surface area (Å²) < 4.78 is 18.3. The van der Waals surface area contributed by atoms with Crippen LogP contribution < -0.4 is 5.32 Å². The maximum Gasteiger partial charge on any atom is 0.167 e. The second-order valence-corrected chi connectivity index (χ2v) is 8.79. The van der Waals surface area contributed by atoms with Crippen molar-refractivity contribution < 1.29 is 24.2 Å². The van der Waals surface area contributed by atoms with Crippen LogP contribution in [0.4, 0.5) is 5.82 Å². The van der Waals surface area contributed by atoms with Gasteiger partial charge in [0.05, 0.1) is 35.7 Å². The number of aliphatic hydroxyl groups is 2. The van der Waals surface area contributed by atoms with Gasteiger partial charge in [-0.25, -0.2) is 15.0 Å². The van der Waals surface area contributed by atoms with E-state index in [1.807, 2.05) is 13.8 Å². The van der Waals surface area contributed by atoms with Crippen LogP contribution >= 0.6 is 11.8 Å². The van der Waals surface area contributed by atoms with E-state index in [0.29, 0.717) is 35.9 Å². The van der Waals surface area contributed by atoms with E-state index in [4.69, 9.17) is 14.0 Å². The molecule has 0 spiro atoms. The lowest BCUT2D eigenvalue weighted by molar-refractivity contribution is -0.0289. The third-order valence-electron chi connectivity index (χ3n) is 5.60. The van der Waals surface area contributed by atoms with Gasteiger partial charge in [-0.1, -0.05) is 5.16 Å². The van der Waals surface area contributed by atoms with Crippen LogP contribution in [0.15, 0.2) is 22.1 Å². The van der Waals surface area contributed by atoms with E-state index in [0.717, 1.165) is 22.8 Å². The molecule has 0 bridgehead atoms. The van der Waals surface area contributed by atoms with Gasteiger partial charge in [-0.3, -0.25) is 4.57 Å². The predicted molar refractivity (Wildman–Crippen MR) is 111 cm³/mol. The number of aryl methyl sites for hydroxylation is 2. The van der Waals surface area contributed by atoms with Gasteiger partial charge in [0.15, 0.2) is 23.2 Å². The summed E-state index contributed by atoms with van der Waals surface area (Å²) in [6, 6.07) is 0.170. The maximum absolute atomic E-state index is 10.7. The van der Waals surface area contributed by atoms with Crippen LogP contribution in [0.1, 0.15) is 24.1 Å². The van der Waals surface area contributed by atoms with Crippen LogP contribution in [0.2, 0.25) is 0 Å². The minimum Gasteiger partial charge on any atom is -0.387 e. The number of rotatable bonds is 6. The SMILES string of the molecule is Cc1noc(C)c1SC[C@@H]1O[C@@H](n2cnc3c(NC4CCOC4)ncnc32)[C@@H](O)[C@H]1O. The number of hydrogen-bond donors (Lipinski definition) is 3. The van der Waals surface area contributed by atoms with Crippen molar-refractivity contribution in [3.05, 3.63) is 24.1 Å². The number of imidazole rings is 1. The Morgan fingerprint density at radius 1 is 1.23 bits per heavy atom. The van der Waals surface area contributed by atoms with Gasteiger partial charge in [-0.05, 0) is 20.3 Å². The molecule has 2 aliphatic heterocycles. The van der Waals surface area contributed by atoms with Gasteiger partial charge in [0.25, 0.3) is 0 Å². The fourth-order valence-corrected chi connectivity index (χ4v) is 5.02. The van der Waals surface area contributed by atoms with Crippen molar-refractivity contribution in [2.45, 2.75) is 55.7 Å². The fraction of sp³-hybridized carbons (Fsp3) is 0.579. The molecule has 0 saturated carbocycles. The summed E-state index contributed by atoms with van der Waals surface area (Å²) in [6.07, 6.45) is 0.334. The Bertz CT molecular complexity index is 1050. The van der Waals surface area contributed by atoms with Crippen molar-refractivity contribution in [3.8, 4) is 0 Å². The summed E-state index contributed by atoms with van der Waals surface area (Å²) in [5, 5.41) is 28.6. The smallest absolute Gasteiger partial charge is 0.167 e. The number of fused-ring (bicyclic) bond motifs is 1. The molecular weight excluding hydrogens is 424 g/mol. The largest absolute Gasteiger partial charge is 0.387 e. The van der Waals surface area contributed by atoms with E-state index in [1.165, 1.54) is 18.1 Å². The van der Waals surface area contributed by atoms with Crippen molar-refractivity contribution in [2.75, 3.05) is 24.3 Å². The average molecular weight is 449 g/mol. The molecule has 12 heteroatoms. The number of aromatic nitrogens is 5. The highest BCUT2D eigenvalue weighted by molar-refractivity contribution is 7.99. The normalized spacial score (nSPS) is 28.6. The summed E-state index contributed by atoms with van der Waals surface area (Å²) in [5.74, 6) is 1.77. The Labute approximate surface area is 182 Å². The highest BCUT2D eigenvalue weighted by Crippen LogP contribution is 2.36. The Hall–Kier alpha value is -2.25. The first kappa shape index (κ1) is 20.6. The van der Waals surface area contributed by atoms with E-state index in [1.54, 1.807) is 10.9 Å². The summed E-state index contributed by atoms with van der Waals surface area (Å²) in [6.45, 7) is 5.04. The third kappa shape index (κ3) is 3.78. The van der Waals surface area contributed by atoms with Gasteiger partial charge in [0.2, 0.25) is 0 Å². The molecule has 166 valence electrons. The van der Waals surface area contributed by atoms with Gasteiger partial charge < -0.3 is 29.5 Å². The fourth-order valence-electron chi connectivity index (χ4n) is 3.93. The Kier molecular flexibility index (Phi) is 5.56. The molecule has 3 N–H and O–H groups in total. The zero-order chi connectivity index (χ0) is 21.5. The molecule has 3 aromatic heterocycles. The Balaban J connectivity index is 1.35. The second kappa shape index (κ2) is 8.36. The lowest BCUT2D eigenvalue weighted by Crippen LogP contribution is -2.32. The van der Waals surface area contributed by atoms with Crippen molar-refractivity contribution in [2.24, 2.45) is 0 Å². The summed E-state index contributed by atoms with van der Waals surface area (Å²) >= 11 is 1.48. The van der Waals surface area contributed by atoms with Gasteiger partial charge in [0.1, 0.15) is 24.3 Å². The van der Waals surface area contributed by atoms with Crippen LogP contribution in [0.5, 0.6) is 0 Å². The molecule has 11 nitrogen and oxygen atoms in total. The van der Waals surface area contributed by atoms with Crippen molar-refractivity contribution in [3.63, 3.8) is 0 Å². The highest BCUT2D eigenvalue weighted by atomic mass is 32.2. The standard InChI is InChI=1S/C19H24N6O5S/c1-9-16(10(2)30-24-9)31-6-12-14(26)15(27)19(29-12)25-8-22-13-17(20-7-21-18(13)25)23-11-3-4-28-5-11/h7-8,11-12,14-15,19,26-27H,3-6H2,1-2H3,(H,20,21,23)/t11?,12-,14-,15-,19+/m0/s1. The minimum atomic E-state index is -1.12. The molecule has 0 radical (unpaired) electrons. The molecule has 5 rings (SSSR count). The van der Waals surface area contributed by atoms with Gasteiger partial charge in [-0.2, -0.15) is 0 Å². The topological polar surface area (TPSA) is 141 Å². The number of aliphatic hydroxyl groups excluding tert-OH is 2. The summed E-state index contributed by atoms with van der Waals surface area (Å²) in [4.78, 5) is 14.0. The number of nitrogens with one attached hydrogen (secondary N) is 1. The number of anilines is 1. The van der Waals surface area contributed by atoms with Crippen LogP contribution in [0, 0.1) is 13.8 Å². The molecular formula is C19H24N6O5S. The molecule has 0 aromatic carbocycles. The van der Waals surface area contributed by atoms with Crippen LogP contribution in [0.25, 0.3) is 11.2 Å². The summed E-state index contributed by atoms with van der Waals surface area (Å²) in [7, 11) is 0. The lowest BCUT2D eigenvalue weighted by atomic mass is 10.1. The zero-order valence-electron chi connectivity index (χ0n) is 17.1. The third-order valence-corrected chi connectivity index (χ3v) is 6.97. The van der Waals surface area contributed by atoms with Crippen molar-refractivity contribution in [1.82, 2.24) is 24.7 Å². The molecule has 0 aliphatic carbocycles. The molecule has 31 heavy (non-hydrogen) atoms. The van der Waals surface area contributed by atoms with E-state index >= 15 is 0 Å². The Morgan fingerprint density at radius 3 is 2.84 bits per heavy atom. The molecule has 2 saturated heterocycles. The first-order chi connectivity index (χ1) is 15.0. The second-order valence-electron chi connectivity index (χ2n) is 7.76. The van der Waals surface area contributed by atoms with Crippen molar-refractivity contribution in [1.29, 1.82) is 0 Å². The van der Waals surface area contributed by atoms with Gasteiger partial charge in [0, 0.05) is 12.4 Å². The van der Waals surface area contributed by atoms with Gasteiger partial charge in [-0.15, -0.1) is 11.8 Å². The lowest BCUT2D eigenvalue weighted by Gasteiger charge is -2.17. The zero-order valence-corrected chi connectivity index (χ0v) is 17.9. The monoisotopic (exact) mass is 448 g/mol. The molecule has 0 amide bonds. The number of thioether (sulfide) groups is 1. The van der Waals surface area contributed by atoms with Crippen LogP contribution in [-0.2, 0) is 9.47 Å². The van der Waals surface area contributed by atoms with E-state index in [2.05, 4.69) is 25.4 Å². The number of ether oxygens (including phenoxy) is 2. The van der Waals surface area contributed by atoms with Crippen LogP contribution in [0.3, 0.4) is 0 Å². The summed E-state index contributed by atoms with van der Waals surface area (Å²) in [5.41, 5.74) is 1.89.